The van der Waals surface area contributed by atoms with Crippen LogP contribution in [0.5, 0.6) is 5.88 Å². The van der Waals surface area contributed by atoms with Gasteiger partial charge in [-0.15, -0.1) is 0 Å². The van der Waals surface area contributed by atoms with Crippen LogP contribution >= 0.6 is 0 Å². The number of nitrogens with zero attached hydrogens (tertiary/aromatic N) is 1. The Labute approximate surface area is 207 Å². The standard InChI is InChI=1S/C27H25FN2O6/c1-27(2,26(32)33)19-11-10-18(21(28)14-19)15-30-24(31)20-9-6-12-29-25(20)36-23-16-34-22(35-23)13-17-7-4-3-5-8-17/h3-12,14,16,22H,13,15H2,1-2H3,(H,30,31)(H,32,33). The fourth-order valence-electron chi connectivity index (χ4n) is 3.47. The molecular weight excluding hydrogens is 467 g/mol. The molecule has 36 heavy (non-hydrogen) atoms. The lowest BCUT2D eigenvalue weighted by molar-refractivity contribution is -0.142. The van der Waals surface area contributed by atoms with Gasteiger partial charge in [-0.1, -0.05) is 42.5 Å². The van der Waals surface area contributed by atoms with Crippen LogP contribution in [-0.4, -0.2) is 28.3 Å². The van der Waals surface area contributed by atoms with E-state index in [1.54, 1.807) is 6.07 Å². The molecule has 0 saturated carbocycles. The largest absolute Gasteiger partial charge is 0.481 e. The van der Waals surface area contributed by atoms with E-state index in [1.807, 2.05) is 30.3 Å². The molecule has 1 aromatic heterocycles. The van der Waals surface area contributed by atoms with Crippen molar-refractivity contribution in [3.63, 3.8) is 0 Å². The Balaban J connectivity index is 1.38. The van der Waals surface area contributed by atoms with E-state index in [2.05, 4.69) is 10.3 Å². The Bertz CT molecular complexity index is 1290. The zero-order valence-corrected chi connectivity index (χ0v) is 19.7. The molecule has 9 heteroatoms. The molecule has 2 aromatic carbocycles. The lowest BCUT2D eigenvalue weighted by Gasteiger charge is -2.20. The van der Waals surface area contributed by atoms with Gasteiger partial charge in [-0.3, -0.25) is 9.59 Å². The third kappa shape index (κ3) is 5.63. The van der Waals surface area contributed by atoms with Gasteiger partial charge in [-0.05, 0) is 43.2 Å². The molecule has 0 saturated heterocycles. The van der Waals surface area contributed by atoms with E-state index in [0.29, 0.717) is 12.0 Å². The van der Waals surface area contributed by atoms with Crippen molar-refractivity contribution >= 4 is 11.9 Å². The third-order valence-corrected chi connectivity index (χ3v) is 5.77. The molecule has 2 heterocycles. The number of aliphatic carboxylic acids is 1. The molecule has 0 bridgehead atoms. The normalized spacial score (nSPS) is 14.9. The minimum atomic E-state index is -1.24. The van der Waals surface area contributed by atoms with Crippen LogP contribution in [0.15, 0.2) is 79.1 Å². The highest BCUT2D eigenvalue weighted by atomic mass is 19.1. The summed E-state index contributed by atoms with van der Waals surface area (Å²) in [6.45, 7) is 2.87. The third-order valence-electron chi connectivity index (χ3n) is 5.77. The van der Waals surface area contributed by atoms with Gasteiger partial charge in [-0.25, -0.2) is 9.37 Å². The topological polar surface area (TPSA) is 107 Å². The average molecular weight is 493 g/mol. The fourth-order valence-corrected chi connectivity index (χ4v) is 3.47. The summed E-state index contributed by atoms with van der Waals surface area (Å²) in [5.41, 5.74) is 0.437. The first-order chi connectivity index (χ1) is 17.2. The number of amides is 1. The van der Waals surface area contributed by atoms with Gasteiger partial charge in [0, 0.05) is 24.7 Å². The Morgan fingerprint density at radius 3 is 2.64 bits per heavy atom. The van der Waals surface area contributed by atoms with Crippen molar-refractivity contribution in [2.24, 2.45) is 0 Å². The van der Waals surface area contributed by atoms with Crippen molar-refractivity contribution in [1.29, 1.82) is 0 Å². The number of aromatic nitrogens is 1. The molecule has 1 atom stereocenters. The zero-order chi connectivity index (χ0) is 25.7. The maximum atomic E-state index is 14.6. The number of benzene rings is 2. The molecule has 1 aliphatic heterocycles. The summed E-state index contributed by atoms with van der Waals surface area (Å²) in [6, 6.07) is 16.9. The van der Waals surface area contributed by atoms with Gasteiger partial charge >= 0.3 is 11.9 Å². The van der Waals surface area contributed by atoms with Crippen LogP contribution in [0.2, 0.25) is 0 Å². The van der Waals surface area contributed by atoms with E-state index in [4.69, 9.17) is 14.2 Å². The van der Waals surface area contributed by atoms with Gasteiger partial charge in [0.1, 0.15) is 11.4 Å². The summed E-state index contributed by atoms with van der Waals surface area (Å²) in [7, 11) is 0. The SMILES string of the molecule is CC(C)(C(=O)O)c1ccc(CNC(=O)c2cccnc2OC2=COC(Cc3ccccc3)O2)c(F)c1. The number of rotatable bonds is 9. The summed E-state index contributed by atoms with van der Waals surface area (Å²) in [5.74, 6) is -2.15. The smallest absolute Gasteiger partial charge is 0.325 e. The number of carboxylic acid groups (broad SMARTS) is 1. The zero-order valence-electron chi connectivity index (χ0n) is 19.7. The molecule has 0 fully saturated rings. The van der Waals surface area contributed by atoms with E-state index in [1.165, 1.54) is 50.6 Å². The Hall–Kier alpha value is -4.40. The minimum Gasteiger partial charge on any atom is -0.481 e. The Kier molecular flexibility index (Phi) is 7.19. The maximum absolute atomic E-state index is 14.6. The van der Waals surface area contributed by atoms with Crippen molar-refractivity contribution in [1.82, 2.24) is 10.3 Å². The van der Waals surface area contributed by atoms with Crippen LogP contribution in [-0.2, 0) is 32.6 Å². The van der Waals surface area contributed by atoms with Gasteiger partial charge in [0.25, 0.3) is 5.91 Å². The van der Waals surface area contributed by atoms with Gasteiger partial charge < -0.3 is 24.6 Å². The number of ether oxygens (including phenoxy) is 3. The molecule has 0 spiro atoms. The predicted molar refractivity (Wildman–Crippen MR) is 127 cm³/mol. The van der Waals surface area contributed by atoms with E-state index >= 15 is 0 Å². The molecule has 1 unspecified atom stereocenters. The van der Waals surface area contributed by atoms with Crippen molar-refractivity contribution in [3.8, 4) is 5.88 Å². The number of hydrogen-bond donors (Lipinski definition) is 2. The summed E-state index contributed by atoms with van der Waals surface area (Å²) in [6.07, 6.45) is 2.72. The lowest BCUT2D eigenvalue weighted by Crippen LogP contribution is -2.29. The summed E-state index contributed by atoms with van der Waals surface area (Å²) in [4.78, 5) is 28.4. The molecule has 0 radical (unpaired) electrons. The lowest BCUT2D eigenvalue weighted by atomic mass is 9.84. The van der Waals surface area contributed by atoms with Crippen LogP contribution < -0.4 is 10.1 Å². The van der Waals surface area contributed by atoms with Crippen LogP contribution in [0.1, 0.15) is 40.9 Å². The van der Waals surface area contributed by atoms with Gasteiger partial charge in [-0.2, -0.15) is 0 Å². The first-order valence-corrected chi connectivity index (χ1v) is 11.2. The molecule has 186 valence electrons. The second kappa shape index (κ2) is 10.5. The highest BCUT2D eigenvalue weighted by Crippen LogP contribution is 2.26. The average Bonchev–Trinajstić information content (AvgIpc) is 3.30. The molecular formula is C27H25FN2O6. The molecule has 1 amide bonds. The summed E-state index contributed by atoms with van der Waals surface area (Å²) >= 11 is 0. The van der Waals surface area contributed by atoms with E-state index in [9.17, 15) is 19.1 Å². The maximum Gasteiger partial charge on any atom is 0.325 e. The van der Waals surface area contributed by atoms with Crippen molar-refractivity contribution in [2.75, 3.05) is 0 Å². The molecule has 3 aromatic rings. The summed E-state index contributed by atoms with van der Waals surface area (Å²) < 4.78 is 31.4. The second-order valence-corrected chi connectivity index (χ2v) is 8.69. The van der Waals surface area contributed by atoms with Crippen LogP contribution in [0.4, 0.5) is 4.39 Å². The first-order valence-electron chi connectivity index (χ1n) is 11.2. The number of hydrogen-bond acceptors (Lipinski definition) is 6. The number of nitrogens with one attached hydrogen (secondary N) is 1. The van der Waals surface area contributed by atoms with E-state index in [0.717, 1.165) is 5.56 Å². The number of halogens is 1. The van der Waals surface area contributed by atoms with Gasteiger partial charge in [0.05, 0.1) is 5.41 Å². The monoisotopic (exact) mass is 492 g/mol. The molecule has 1 aliphatic rings. The van der Waals surface area contributed by atoms with Crippen molar-refractivity contribution in [2.45, 2.75) is 38.5 Å². The Morgan fingerprint density at radius 2 is 1.92 bits per heavy atom. The van der Waals surface area contributed by atoms with Gasteiger partial charge in [0.2, 0.25) is 12.2 Å². The number of carboxylic acids is 1. The number of carbonyl (C=O) groups is 2. The minimum absolute atomic E-state index is 0.00392. The van der Waals surface area contributed by atoms with Crippen LogP contribution in [0.25, 0.3) is 0 Å². The van der Waals surface area contributed by atoms with E-state index < -0.39 is 29.4 Å². The molecule has 0 aliphatic carbocycles. The van der Waals surface area contributed by atoms with Crippen molar-refractivity contribution in [3.05, 3.63) is 107 Å². The molecule has 8 nitrogen and oxygen atoms in total. The number of carbonyl (C=O) groups excluding carboxylic acids is 1. The van der Waals surface area contributed by atoms with Crippen molar-refractivity contribution < 1.29 is 33.3 Å². The predicted octanol–water partition coefficient (Wildman–Crippen LogP) is 4.31. The van der Waals surface area contributed by atoms with Crippen LogP contribution in [0.3, 0.4) is 0 Å². The molecule has 4 rings (SSSR count). The van der Waals surface area contributed by atoms with Gasteiger partial charge in [0.15, 0.2) is 6.26 Å². The Morgan fingerprint density at radius 1 is 1.14 bits per heavy atom. The highest BCUT2D eigenvalue weighted by molar-refractivity contribution is 5.96. The molecule has 2 N–H and O–H groups in total. The highest BCUT2D eigenvalue weighted by Gasteiger charge is 2.30. The number of pyridine rings is 1. The van der Waals surface area contributed by atoms with E-state index in [-0.39, 0.29) is 29.5 Å². The first kappa shape index (κ1) is 24.7. The fraction of sp³-hybridized carbons (Fsp3) is 0.222. The summed E-state index contributed by atoms with van der Waals surface area (Å²) in [5, 5.41) is 12.0. The second-order valence-electron chi connectivity index (χ2n) is 8.69. The van der Waals surface area contributed by atoms with Crippen LogP contribution in [0, 0.1) is 5.82 Å². The quantitative estimate of drug-likeness (QED) is 0.459.